The van der Waals surface area contributed by atoms with Crippen LogP contribution >= 0.6 is 0 Å². The van der Waals surface area contributed by atoms with Gasteiger partial charge in [0.05, 0.1) is 5.69 Å². The van der Waals surface area contributed by atoms with Crippen LogP contribution < -0.4 is 11.3 Å². The predicted octanol–water partition coefficient (Wildman–Crippen LogP) is 0.455. The molecular weight excluding hydrogens is 230 g/mol. The molecule has 1 aromatic rings. The average molecular weight is 251 g/mol. The van der Waals surface area contributed by atoms with Crippen molar-refractivity contribution in [3.63, 3.8) is 0 Å². The zero-order valence-corrected chi connectivity index (χ0v) is 11.1. The van der Waals surface area contributed by atoms with Crippen molar-refractivity contribution in [3.8, 4) is 0 Å². The molecule has 0 fully saturated rings. The molecule has 18 heavy (non-hydrogen) atoms. The summed E-state index contributed by atoms with van der Waals surface area (Å²) in [6.07, 6.45) is 1.75. The quantitative estimate of drug-likeness (QED) is 0.790. The lowest BCUT2D eigenvalue weighted by molar-refractivity contribution is 0.189. The first kappa shape index (κ1) is 13.1. The number of hydrogen-bond donors (Lipinski definition) is 1. The van der Waals surface area contributed by atoms with Gasteiger partial charge >= 0.3 is 0 Å². The number of methoxy groups -OCH3 is 1. The molecule has 0 bridgehead atoms. The molecule has 2 heterocycles. The number of nitrogens with zero attached hydrogens (tertiary/aromatic N) is 2. The van der Waals surface area contributed by atoms with Gasteiger partial charge in [0.2, 0.25) is 0 Å². The van der Waals surface area contributed by atoms with Crippen LogP contribution in [0.15, 0.2) is 10.9 Å². The highest BCUT2D eigenvalue weighted by atomic mass is 16.5. The number of aromatic nitrogens is 1. The SMILES string of the molecule is COCCCn1c2c(cc(N)c1=O)CN(C)CC2. The fourth-order valence-corrected chi connectivity index (χ4v) is 2.49. The van der Waals surface area contributed by atoms with Gasteiger partial charge in [0, 0.05) is 45.5 Å². The zero-order chi connectivity index (χ0) is 13.1. The summed E-state index contributed by atoms with van der Waals surface area (Å²) >= 11 is 0. The van der Waals surface area contributed by atoms with E-state index in [1.807, 2.05) is 10.6 Å². The van der Waals surface area contributed by atoms with E-state index in [2.05, 4.69) is 11.9 Å². The average Bonchev–Trinajstić information content (AvgIpc) is 2.34. The van der Waals surface area contributed by atoms with Crippen molar-refractivity contribution < 1.29 is 4.74 Å². The monoisotopic (exact) mass is 251 g/mol. The molecule has 5 nitrogen and oxygen atoms in total. The van der Waals surface area contributed by atoms with Crippen molar-refractivity contribution in [1.29, 1.82) is 0 Å². The van der Waals surface area contributed by atoms with Crippen molar-refractivity contribution in [1.82, 2.24) is 9.47 Å². The number of hydrogen-bond acceptors (Lipinski definition) is 4. The Morgan fingerprint density at radius 3 is 3.00 bits per heavy atom. The summed E-state index contributed by atoms with van der Waals surface area (Å²) in [6.45, 7) is 3.20. The van der Waals surface area contributed by atoms with Gasteiger partial charge in [0.15, 0.2) is 0 Å². The predicted molar refractivity (Wildman–Crippen MR) is 71.6 cm³/mol. The Morgan fingerprint density at radius 1 is 1.50 bits per heavy atom. The molecule has 0 unspecified atom stereocenters. The number of likely N-dealkylation sites (N-methyl/N-ethyl adjacent to an activating group) is 1. The van der Waals surface area contributed by atoms with Gasteiger partial charge in [-0.3, -0.25) is 4.79 Å². The van der Waals surface area contributed by atoms with E-state index in [1.54, 1.807) is 7.11 Å². The Morgan fingerprint density at radius 2 is 2.28 bits per heavy atom. The minimum absolute atomic E-state index is 0.0607. The minimum atomic E-state index is -0.0607. The summed E-state index contributed by atoms with van der Waals surface area (Å²) in [7, 11) is 3.76. The number of ether oxygens (including phenoxy) is 1. The number of nitrogens with two attached hydrogens (primary N) is 1. The molecule has 0 amide bonds. The van der Waals surface area contributed by atoms with Crippen LogP contribution in [0.1, 0.15) is 17.7 Å². The van der Waals surface area contributed by atoms with E-state index >= 15 is 0 Å². The van der Waals surface area contributed by atoms with E-state index in [4.69, 9.17) is 10.5 Å². The Hall–Kier alpha value is -1.33. The molecule has 0 saturated heterocycles. The zero-order valence-electron chi connectivity index (χ0n) is 11.1. The van der Waals surface area contributed by atoms with Crippen LogP contribution in [0.4, 0.5) is 5.69 Å². The summed E-state index contributed by atoms with van der Waals surface area (Å²) in [5.74, 6) is 0. The molecule has 5 heteroatoms. The largest absolute Gasteiger partial charge is 0.394 e. The van der Waals surface area contributed by atoms with Crippen molar-refractivity contribution in [2.24, 2.45) is 0 Å². The van der Waals surface area contributed by atoms with Gasteiger partial charge in [-0.25, -0.2) is 0 Å². The van der Waals surface area contributed by atoms with Crippen LogP contribution in [-0.4, -0.2) is 36.8 Å². The first-order chi connectivity index (χ1) is 8.63. The number of pyridine rings is 1. The third kappa shape index (κ3) is 2.57. The first-order valence-corrected chi connectivity index (χ1v) is 6.32. The highest BCUT2D eigenvalue weighted by molar-refractivity contribution is 5.42. The summed E-state index contributed by atoms with van der Waals surface area (Å²) in [5, 5.41) is 0. The third-order valence-electron chi connectivity index (χ3n) is 3.42. The number of fused-ring (bicyclic) bond motifs is 1. The van der Waals surface area contributed by atoms with Crippen LogP contribution in [0, 0.1) is 0 Å². The smallest absolute Gasteiger partial charge is 0.273 e. The van der Waals surface area contributed by atoms with Crippen LogP contribution in [-0.2, 0) is 24.2 Å². The van der Waals surface area contributed by atoms with Crippen LogP contribution in [0.25, 0.3) is 0 Å². The lowest BCUT2D eigenvalue weighted by atomic mass is 10.0. The molecule has 0 saturated carbocycles. The Balaban J connectivity index is 2.34. The van der Waals surface area contributed by atoms with Crippen LogP contribution in [0.2, 0.25) is 0 Å². The van der Waals surface area contributed by atoms with Gasteiger partial charge in [0.25, 0.3) is 5.56 Å². The Kier molecular flexibility index (Phi) is 4.04. The normalized spacial score (nSPS) is 15.7. The van der Waals surface area contributed by atoms with Crippen LogP contribution in [0.5, 0.6) is 0 Å². The minimum Gasteiger partial charge on any atom is -0.394 e. The Labute approximate surface area is 107 Å². The van der Waals surface area contributed by atoms with Crippen LogP contribution in [0.3, 0.4) is 0 Å². The summed E-state index contributed by atoms with van der Waals surface area (Å²) < 4.78 is 6.87. The first-order valence-electron chi connectivity index (χ1n) is 6.32. The maximum Gasteiger partial charge on any atom is 0.273 e. The van der Waals surface area contributed by atoms with Gasteiger partial charge in [0.1, 0.15) is 0 Å². The molecule has 0 radical (unpaired) electrons. The Bertz CT molecular complexity index is 482. The fraction of sp³-hybridized carbons (Fsp3) is 0.615. The van der Waals surface area contributed by atoms with Gasteiger partial charge < -0.3 is 19.9 Å². The highest BCUT2D eigenvalue weighted by Gasteiger charge is 2.18. The second-order valence-electron chi connectivity index (χ2n) is 4.86. The molecule has 1 aliphatic rings. The maximum absolute atomic E-state index is 12.1. The molecule has 0 spiro atoms. The number of anilines is 1. The molecule has 100 valence electrons. The highest BCUT2D eigenvalue weighted by Crippen LogP contribution is 2.18. The molecule has 2 rings (SSSR count). The van der Waals surface area contributed by atoms with Gasteiger partial charge in [-0.15, -0.1) is 0 Å². The number of rotatable bonds is 4. The standard InChI is InChI=1S/C13H21N3O2/c1-15-6-4-12-10(9-15)8-11(14)13(17)16(12)5-3-7-18-2/h8H,3-7,9,14H2,1-2H3. The third-order valence-corrected chi connectivity index (χ3v) is 3.42. The van der Waals surface area contributed by atoms with E-state index in [0.29, 0.717) is 18.8 Å². The van der Waals surface area contributed by atoms with E-state index in [-0.39, 0.29) is 5.56 Å². The van der Waals surface area contributed by atoms with Crippen molar-refractivity contribution in [2.75, 3.05) is 33.0 Å². The summed E-state index contributed by atoms with van der Waals surface area (Å²) in [6, 6.07) is 1.83. The van der Waals surface area contributed by atoms with E-state index in [9.17, 15) is 4.79 Å². The molecule has 2 N–H and O–H groups in total. The maximum atomic E-state index is 12.1. The second-order valence-corrected chi connectivity index (χ2v) is 4.86. The summed E-state index contributed by atoms with van der Waals surface area (Å²) in [5.41, 5.74) is 8.42. The molecule has 1 aliphatic heterocycles. The number of nitrogen functional groups attached to an aromatic ring is 1. The molecule has 1 aromatic heterocycles. The van der Waals surface area contributed by atoms with E-state index in [0.717, 1.165) is 31.6 Å². The lowest BCUT2D eigenvalue weighted by Gasteiger charge is -2.27. The molecular formula is C13H21N3O2. The molecule has 0 aromatic carbocycles. The topological polar surface area (TPSA) is 60.5 Å². The van der Waals surface area contributed by atoms with E-state index in [1.165, 1.54) is 5.56 Å². The van der Waals surface area contributed by atoms with Gasteiger partial charge in [-0.1, -0.05) is 0 Å². The van der Waals surface area contributed by atoms with Gasteiger partial charge in [-0.05, 0) is 25.1 Å². The van der Waals surface area contributed by atoms with Gasteiger partial charge in [-0.2, -0.15) is 0 Å². The van der Waals surface area contributed by atoms with Crippen molar-refractivity contribution in [2.45, 2.75) is 25.9 Å². The molecule has 0 aliphatic carbocycles. The second kappa shape index (κ2) is 5.54. The lowest BCUT2D eigenvalue weighted by Crippen LogP contribution is -2.35. The molecule has 0 atom stereocenters. The van der Waals surface area contributed by atoms with Crippen molar-refractivity contribution >= 4 is 5.69 Å². The van der Waals surface area contributed by atoms with E-state index < -0.39 is 0 Å². The fourth-order valence-electron chi connectivity index (χ4n) is 2.49. The summed E-state index contributed by atoms with van der Waals surface area (Å²) in [4.78, 5) is 14.3. The van der Waals surface area contributed by atoms with Crippen molar-refractivity contribution in [3.05, 3.63) is 27.7 Å².